The van der Waals surface area contributed by atoms with Crippen molar-refractivity contribution in [2.75, 3.05) is 19.6 Å². The Kier molecular flexibility index (Phi) is 4.89. The molecule has 1 aromatic heterocycles. The van der Waals surface area contributed by atoms with Crippen LogP contribution in [-0.4, -0.2) is 41.5 Å². The first-order valence-electron chi connectivity index (χ1n) is 7.95. The molecular formula is C17H19F2N3O2. The number of aromatic nitrogens is 1. The Hall–Kier alpha value is -2.28. The van der Waals surface area contributed by atoms with Crippen LogP contribution in [0.15, 0.2) is 28.8 Å². The summed E-state index contributed by atoms with van der Waals surface area (Å²) in [6.07, 6.45) is 2.03. The van der Waals surface area contributed by atoms with Gasteiger partial charge in [0.1, 0.15) is 11.6 Å². The average molecular weight is 335 g/mol. The van der Waals surface area contributed by atoms with E-state index < -0.39 is 11.6 Å². The minimum atomic E-state index is -0.705. The molecule has 24 heavy (non-hydrogen) atoms. The van der Waals surface area contributed by atoms with Gasteiger partial charge in [0.2, 0.25) is 5.91 Å². The number of carbonyl (C=O) groups excluding carboxylic acids is 1. The molecule has 2 aromatic rings. The van der Waals surface area contributed by atoms with E-state index >= 15 is 0 Å². The van der Waals surface area contributed by atoms with E-state index in [1.807, 2.05) is 11.8 Å². The summed E-state index contributed by atoms with van der Waals surface area (Å²) in [7, 11) is 0. The van der Waals surface area contributed by atoms with E-state index in [4.69, 9.17) is 4.42 Å². The molecule has 0 bridgehead atoms. The summed E-state index contributed by atoms with van der Waals surface area (Å²) in [4.78, 5) is 18.2. The van der Waals surface area contributed by atoms with Crippen LogP contribution in [0.2, 0.25) is 0 Å². The van der Waals surface area contributed by atoms with Crippen molar-refractivity contribution in [3.8, 4) is 11.3 Å². The molecule has 1 unspecified atom stereocenters. The molecule has 0 aliphatic carbocycles. The third-order valence-electron chi connectivity index (χ3n) is 4.12. The summed E-state index contributed by atoms with van der Waals surface area (Å²) in [6.45, 7) is 4.28. The van der Waals surface area contributed by atoms with Crippen LogP contribution in [0, 0.1) is 11.6 Å². The van der Waals surface area contributed by atoms with Crippen molar-refractivity contribution in [2.24, 2.45) is 0 Å². The van der Waals surface area contributed by atoms with E-state index in [1.54, 1.807) is 0 Å². The first kappa shape index (κ1) is 16.6. The summed E-state index contributed by atoms with van der Waals surface area (Å²) >= 11 is 0. The Morgan fingerprint density at radius 3 is 3.04 bits per heavy atom. The van der Waals surface area contributed by atoms with E-state index in [0.717, 1.165) is 25.2 Å². The molecule has 5 nitrogen and oxygen atoms in total. The minimum Gasteiger partial charge on any atom is -0.441 e. The second-order valence-electron chi connectivity index (χ2n) is 5.88. The van der Waals surface area contributed by atoms with Crippen molar-refractivity contribution in [1.82, 2.24) is 15.2 Å². The molecule has 128 valence electrons. The number of amides is 1. The highest BCUT2D eigenvalue weighted by atomic mass is 19.1. The predicted molar refractivity (Wildman–Crippen MR) is 84.2 cm³/mol. The summed E-state index contributed by atoms with van der Waals surface area (Å²) in [5.74, 6) is -0.706. The van der Waals surface area contributed by atoms with Gasteiger partial charge in [-0.05, 0) is 19.1 Å². The maximum Gasteiger partial charge on any atom is 0.223 e. The van der Waals surface area contributed by atoms with Gasteiger partial charge in [0.25, 0.3) is 0 Å². The van der Waals surface area contributed by atoms with Crippen molar-refractivity contribution in [2.45, 2.75) is 25.8 Å². The largest absolute Gasteiger partial charge is 0.441 e. The zero-order valence-corrected chi connectivity index (χ0v) is 13.4. The van der Waals surface area contributed by atoms with Crippen LogP contribution >= 0.6 is 0 Å². The fourth-order valence-electron chi connectivity index (χ4n) is 2.81. The zero-order chi connectivity index (χ0) is 17.1. The van der Waals surface area contributed by atoms with Gasteiger partial charge in [0.15, 0.2) is 11.7 Å². The number of halogens is 2. The smallest absolute Gasteiger partial charge is 0.223 e. The Morgan fingerprint density at radius 1 is 1.46 bits per heavy atom. The van der Waals surface area contributed by atoms with Gasteiger partial charge >= 0.3 is 0 Å². The van der Waals surface area contributed by atoms with E-state index in [1.165, 1.54) is 12.3 Å². The third-order valence-corrected chi connectivity index (χ3v) is 4.12. The highest BCUT2D eigenvalue weighted by Crippen LogP contribution is 2.24. The number of carbonyl (C=O) groups is 1. The minimum absolute atomic E-state index is 0.0525. The molecule has 7 heteroatoms. The standard InChI is InChI=1S/C17H19F2N3O2/c1-11-9-20-6-7-22(11)17(23)5-4-16-21-10-15(24-16)13-3-2-12(18)8-14(13)19/h2-3,8,10-11,20H,4-7,9H2,1H3. The second kappa shape index (κ2) is 7.09. The van der Waals surface area contributed by atoms with Crippen molar-refractivity contribution in [1.29, 1.82) is 0 Å². The lowest BCUT2D eigenvalue weighted by molar-refractivity contribution is -0.134. The number of hydrogen-bond acceptors (Lipinski definition) is 4. The van der Waals surface area contributed by atoms with Crippen LogP contribution in [-0.2, 0) is 11.2 Å². The summed E-state index contributed by atoms with van der Waals surface area (Å²) in [6, 6.07) is 3.44. The van der Waals surface area contributed by atoms with Gasteiger partial charge in [-0.25, -0.2) is 13.8 Å². The van der Waals surface area contributed by atoms with E-state index in [9.17, 15) is 13.6 Å². The van der Waals surface area contributed by atoms with Crippen LogP contribution in [0.1, 0.15) is 19.2 Å². The molecule has 3 rings (SSSR count). The first-order chi connectivity index (χ1) is 11.5. The zero-order valence-electron chi connectivity index (χ0n) is 13.4. The lowest BCUT2D eigenvalue weighted by Crippen LogP contribution is -2.52. The van der Waals surface area contributed by atoms with Crippen molar-refractivity contribution < 1.29 is 18.0 Å². The molecule has 1 aromatic carbocycles. The van der Waals surface area contributed by atoms with Crippen LogP contribution in [0.25, 0.3) is 11.3 Å². The number of rotatable bonds is 4. The number of nitrogens with one attached hydrogen (secondary N) is 1. The molecule has 1 N–H and O–H groups in total. The number of piperazine rings is 1. The molecule has 1 fully saturated rings. The molecule has 1 amide bonds. The lowest BCUT2D eigenvalue weighted by Gasteiger charge is -2.34. The summed E-state index contributed by atoms with van der Waals surface area (Å²) in [5.41, 5.74) is 0.150. The molecule has 0 saturated carbocycles. The molecule has 2 heterocycles. The molecule has 1 aliphatic heterocycles. The van der Waals surface area contributed by atoms with Gasteiger partial charge in [-0.3, -0.25) is 4.79 Å². The quantitative estimate of drug-likeness (QED) is 0.932. The molecular weight excluding hydrogens is 316 g/mol. The fourth-order valence-corrected chi connectivity index (χ4v) is 2.81. The van der Waals surface area contributed by atoms with Crippen LogP contribution in [0.4, 0.5) is 8.78 Å². The maximum absolute atomic E-state index is 13.8. The monoisotopic (exact) mass is 335 g/mol. The van der Waals surface area contributed by atoms with Gasteiger partial charge in [0.05, 0.1) is 11.8 Å². The molecule has 1 aliphatic rings. The van der Waals surface area contributed by atoms with Crippen LogP contribution < -0.4 is 5.32 Å². The van der Waals surface area contributed by atoms with E-state index in [-0.39, 0.29) is 29.7 Å². The molecule has 1 saturated heterocycles. The van der Waals surface area contributed by atoms with Crippen molar-refractivity contribution >= 4 is 5.91 Å². The summed E-state index contributed by atoms with van der Waals surface area (Å²) < 4.78 is 32.2. The average Bonchev–Trinajstić information content (AvgIpc) is 3.01. The van der Waals surface area contributed by atoms with E-state index in [2.05, 4.69) is 10.3 Å². The fraction of sp³-hybridized carbons (Fsp3) is 0.412. The van der Waals surface area contributed by atoms with Crippen LogP contribution in [0.5, 0.6) is 0 Å². The van der Waals surface area contributed by atoms with Crippen molar-refractivity contribution in [3.63, 3.8) is 0 Å². The van der Waals surface area contributed by atoms with Gasteiger partial charge in [-0.1, -0.05) is 0 Å². The predicted octanol–water partition coefficient (Wildman–Crippen LogP) is 2.37. The van der Waals surface area contributed by atoms with Gasteiger partial charge in [0, 0.05) is 44.6 Å². The Bertz CT molecular complexity index is 732. The normalized spacial score (nSPS) is 18.0. The molecule has 0 radical (unpaired) electrons. The number of benzene rings is 1. The van der Waals surface area contributed by atoms with Gasteiger partial charge in [-0.2, -0.15) is 0 Å². The van der Waals surface area contributed by atoms with Gasteiger partial charge < -0.3 is 14.6 Å². The molecule has 0 spiro atoms. The number of nitrogens with zero attached hydrogens (tertiary/aromatic N) is 2. The topological polar surface area (TPSA) is 58.4 Å². The Morgan fingerprint density at radius 2 is 2.29 bits per heavy atom. The summed E-state index contributed by atoms with van der Waals surface area (Å²) in [5, 5.41) is 3.24. The van der Waals surface area contributed by atoms with Crippen LogP contribution in [0.3, 0.4) is 0 Å². The second-order valence-corrected chi connectivity index (χ2v) is 5.88. The third kappa shape index (κ3) is 3.62. The Balaban J connectivity index is 1.63. The molecule has 1 atom stereocenters. The Labute approximate surface area is 138 Å². The van der Waals surface area contributed by atoms with Gasteiger partial charge in [-0.15, -0.1) is 0 Å². The van der Waals surface area contributed by atoms with Crippen molar-refractivity contribution in [3.05, 3.63) is 41.9 Å². The highest BCUT2D eigenvalue weighted by molar-refractivity contribution is 5.76. The van der Waals surface area contributed by atoms with E-state index in [0.29, 0.717) is 18.9 Å². The SMILES string of the molecule is CC1CNCCN1C(=O)CCc1ncc(-c2ccc(F)cc2F)o1. The maximum atomic E-state index is 13.8. The first-order valence-corrected chi connectivity index (χ1v) is 7.95. The number of oxazole rings is 1. The number of hydrogen-bond donors (Lipinski definition) is 1. The highest BCUT2D eigenvalue weighted by Gasteiger charge is 2.23. The lowest BCUT2D eigenvalue weighted by atomic mass is 10.2. The number of aryl methyl sites for hydroxylation is 1.